The lowest BCUT2D eigenvalue weighted by Gasteiger charge is -2.27. The molecule has 10 heteroatoms. The predicted molar refractivity (Wildman–Crippen MR) is 168 cm³/mol. The number of aromatic nitrogens is 2. The Balaban J connectivity index is 1.61. The Bertz CT molecular complexity index is 1720. The van der Waals surface area contributed by atoms with E-state index < -0.39 is 19.3 Å². The second-order valence-corrected chi connectivity index (χ2v) is 12.4. The van der Waals surface area contributed by atoms with E-state index in [4.69, 9.17) is 18.9 Å². The minimum atomic E-state index is -3.82. The summed E-state index contributed by atoms with van der Waals surface area (Å²) in [5.74, 6) is -0.970. The highest BCUT2D eigenvalue weighted by Crippen LogP contribution is 2.59. The number of nitrogens with one attached hydrogen (secondary N) is 1. The molecule has 5 rings (SSSR count). The maximum Gasteiger partial charge on any atom is 0.357 e. The third kappa shape index (κ3) is 6.20. The zero-order chi connectivity index (χ0) is 29.7. The Labute approximate surface area is 253 Å². The van der Waals surface area contributed by atoms with Gasteiger partial charge in [0.25, 0.3) is 5.91 Å². The lowest BCUT2D eigenvalue weighted by Crippen LogP contribution is -2.30. The number of benzene rings is 4. The molecule has 1 unspecified atom stereocenters. The lowest BCUT2D eigenvalue weighted by molar-refractivity contribution is 0.0932. The average molecular weight is 648 g/mol. The number of hydrogen-bond donors (Lipinski definition) is 1. The second kappa shape index (κ2) is 13.0. The SMILES string of the molecule is CCOP(=O)(OCC)C(NC(=O)c1cc(-c2cccc3ccccc23)n(-c2ccc(Br)cc2)n1)c1ccc(OC)cc1. The molecule has 8 nitrogen and oxygen atoms in total. The first kappa shape index (κ1) is 29.7. The fourth-order valence-electron chi connectivity index (χ4n) is 4.79. The van der Waals surface area contributed by atoms with E-state index in [2.05, 4.69) is 21.2 Å². The van der Waals surface area contributed by atoms with Crippen LogP contribution < -0.4 is 10.1 Å². The van der Waals surface area contributed by atoms with Gasteiger partial charge in [0.15, 0.2) is 11.5 Å². The van der Waals surface area contributed by atoms with Crippen molar-refractivity contribution in [2.24, 2.45) is 0 Å². The van der Waals surface area contributed by atoms with Crippen molar-refractivity contribution in [2.45, 2.75) is 19.6 Å². The minimum Gasteiger partial charge on any atom is -0.497 e. The van der Waals surface area contributed by atoms with Crippen LogP contribution in [-0.2, 0) is 13.6 Å². The number of carbonyl (C=O) groups is 1. The van der Waals surface area contributed by atoms with Gasteiger partial charge >= 0.3 is 7.60 Å². The van der Waals surface area contributed by atoms with Gasteiger partial charge in [-0.1, -0.05) is 70.5 Å². The topological polar surface area (TPSA) is 91.7 Å². The van der Waals surface area contributed by atoms with Gasteiger partial charge in [-0.05, 0) is 72.6 Å². The van der Waals surface area contributed by atoms with Gasteiger partial charge in [-0.25, -0.2) is 4.68 Å². The van der Waals surface area contributed by atoms with Gasteiger partial charge in [-0.3, -0.25) is 9.36 Å². The monoisotopic (exact) mass is 647 g/mol. The number of nitrogens with zero attached hydrogens (tertiary/aromatic N) is 2. The fraction of sp³-hybridized carbons (Fsp3) is 0.188. The molecule has 0 aliphatic heterocycles. The number of methoxy groups -OCH3 is 1. The Morgan fingerprint density at radius 1 is 0.929 bits per heavy atom. The van der Waals surface area contributed by atoms with Crippen molar-refractivity contribution in [2.75, 3.05) is 20.3 Å². The van der Waals surface area contributed by atoms with Crippen LogP contribution in [0.25, 0.3) is 27.7 Å². The van der Waals surface area contributed by atoms with Crippen LogP contribution in [0.3, 0.4) is 0 Å². The molecule has 1 heterocycles. The average Bonchev–Trinajstić information content (AvgIpc) is 3.45. The lowest BCUT2D eigenvalue weighted by atomic mass is 10.0. The standard InChI is InChI=1S/C32H31BrN3O5P/c1-4-40-42(38,41-5-2)32(23-13-19-26(39-3)20-14-23)34-31(37)29-21-30(36(35-29)25-17-15-24(33)16-18-25)28-12-8-10-22-9-6-7-11-27(22)28/h6-21,32H,4-5H2,1-3H3,(H,34,37). The van der Waals surface area contributed by atoms with Gasteiger partial charge in [0.1, 0.15) is 5.75 Å². The van der Waals surface area contributed by atoms with Gasteiger partial charge in [0, 0.05) is 10.0 Å². The maximum atomic E-state index is 14.0. The van der Waals surface area contributed by atoms with Gasteiger partial charge in [0.05, 0.1) is 31.7 Å². The molecule has 0 fully saturated rings. The summed E-state index contributed by atoms with van der Waals surface area (Å²) in [5.41, 5.74) is 3.14. The second-order valence-electron chi connectivity index (χ2n) is 9.35. The number of ether oxygens (including phenoxy) is 1. The minimum absolute atomic E-state index is 0.142. The largest absolute Gasteiger partial charge is 0.497 e. The third-order valence-corrected chi connectivity index (χ3v) is 9.54. The van der Waals surface area contributed by atoms with Crippen LogP contribution in [0.5, 0.6) is 5.75 Å². The molecule has 5 aromatic rings. The van der Waals surface area contributed by atoms with Crippen LogP contribution in [0.15, 0.2) is 102 Å². The smallest absolute Gasteiger partial charge is 0.357 e. The molecular weight excluding hydrogens is 617 g/mol. The maximum absolute atomic E-state index is 14.0. The van der Waals surface area contributed by atoms with Crippen LogP contribution in [0, 0.1) is 0 Å². The molecular formula is C32H31BrN3O5P. The molecule has 1 atom stereocenters. The molecule has 0 aliphatic carbocycles. The summed E-state index contributed by atoms with van der Waals surface area (Å²) in [6.45, 7) is 3.75. The molecule has 1 amide bonds. The van der Waals surface area contributed by atoms with E-state index >= 15 is 0 Å². The Kier molecular flexibility index (Phi) is 9.24. The van der Waals surface area contributed by atoms with Crippen LogP contribution in [0.1, 0.15) is 35.7 Å². The van der Waals surface area contributed by atoms with E-state index in [1.54, 1.807) is 56.0 Å². The van der Waals surface area contributed by atoms with Gasteiger partial charge < -0.3 is 19.1 Å². The summed E-state index contributed by atoms with van der Waals surface area (Å²) < 4.78 is 33.3. The molecule has 0 spiro atoms. The number of hydrogen-bond acceptors (Lipinski definition) is 6. The zero-order valence-corrected chi connectivity index (χ0v) is 26.0. The molecule has 216 valence electrons. The van der Waals surface area contributed by atoms with E-state index in [0.29, 0.717) is 11.3 Å². The van der Waals surface area contributed by atoms with Crippen molar-refractivity contribution in [1.29, 1.82) is 0 Å². The highest BCUT2D eigenvalue weighted by molar-refractivity contribution is 9.10. The van der Waals surface area contributed by atoms with Gasteiger partial charge in [-0.2, -0.15) is 5.10 Å². The van der Waals surface area contributed by atoms with Crippen molar-refractivity contribution in [3.05, 3.63) is 113 Å². The van der Waals surface area contributed by atoms with E-state index in [1.165, 1.54) is 0 Å². The number of rotatable bonds is 11. The van der Waals surface area contributed by atoms with Gasteiger partial charge in [0.2, 0.25) is 0 Å². The van der Waals surface area contributed by atoms with Crippen molar-refractivity contribution in [3.8, 4) is 22.7 Å². The highest BCUT2D eigenvalue weighted by atomic mass is 79.9. The normalized spacial score (nSPS) is 12.3. The van der Waals surface area contributed by atoms with E-state index in [0.717, 1.165) is 32.2 Å². The first-order valence-electron chi connectivity index (χ1n) is 13.5. The Hall–Kier alpha value is -3.75. The third-order valence-electron chi connectivity index (χ3n) is 6.71. The van der Waals surface area contributed by atoms with Crippen LogP contribution in [0.2, 0.25) is 0 Å². The molecule has 4 aromatic carbocycles. The van der Waals surface area contributed by atoms with E-state index in [9.17, 15) is 9.36 Å². The Morgan fingerprint density at radius 2 is 1.60 bits per heavy atom. The van der Waals surface area contributed by atoms with Crippen molar-refractivity contribution in [3.63, 3.8) is 0 Å². The zero-order valence-electron chi connectivity index (χ0n) is 23.5. The molecule has 1 aromatic heterocycles. The number of carbonyl (C=O) groups excluding carboxylic acids is 1. The van der Waals surface area contributed by atoms with Crippen molar-refractivity contribution < 1.29 is 23.1 Å². The number of halogens is 1. The molecule has 0 radical (unpaired) electrons. The molecule has 42 heavy (non-hydrogen) atoms. The first-order chi connectivity index (χ1) is 20.4. The quantitative estimate of drug-likeness (QED) is 0.145. The van der Waals surface area contributed by atoms with E-state index in [1.807, 2.05) is 66.7 Å². The predicted octanol–water partition coefficient (Wildman–Crippen LogP) is 8.16. The Morgan fingerprint density at radius 3 is 2.26 bits per heavy atom. The summed E-state index contributed by atoms with van der Waals surface area (Å²) in [7, 11) is -2.26. The summed E-state index contributed by atoms with van der Waals surface area (Å²) in [4.78, 5) is 13.9. The molecule has 1 N–H and O–H groups in total. The summed E-state index contributed by atoms with van der Waals surface area (Å²) >= 11 is 3.49. The summed E-state index contributed by atoms with van der Waals surface area (Å²) in [6.07, 6.45) is 0. The van der Waals surface area contributed by atoms with Crippen molar-refractivity contribution in [1.82, 2.24) is 15.1 Å². The molecule has 0 saturated carbocycles. The van der Waals surface area contributed by atoms with E-state index in [-0.39, 0.29) is 18.9 Å². The summed E-state index contributed by atoms with van der Waals surface area (Å²) in [6, 6.07) is 30.5. The first-order valence-corrected chi connectivity index (χ1v) is 15.9. The number of fused-ring (bicyclic) bond motifs is 1. The molecule has 0 bridgehead atoms. The fourth-order valence-corrected chi connectivity index (χ4v) is 6.96. The molecule has 0 aliphatic rings. The van der Waals surface area contributed by atoms with Crippen molar-refractivity contribution >= 4 is 40.2 Å². The summed E-state index contributed by atoms with van der Waals surface area (Å²) in [5, 5.41) is 9.74. The molecule has 0 saturated heterocycles. The van der Waals surface area contributed by atoms with Gasteiger partial charge in [-0.15, -0.1) is 0 Å². The highest BCUT2D eigenvalue weighted by Gasteiger charge is 2.39. The van der Waals surface area contributed by atoms with Crippen LogP contribution >= 0.6 is 23.5 Å². The number of amides is 1. The van der Waals surface area contributed by atoms with Crippen LogP contribution in [0.4, 0.5) is 0 Å². The van der Waals surface area contributed by atoms with Crippen LogP contribution in [-0.4, -0.2) is 36.0 Å².